The van der Waals surface area contributed by atoms with Crippen LogP contribution in [0.1, 0.15) is 66.0 Å². The molecule has 4 nitrogen and oxygen atoms in total. The van der Waals surface area contributed by atoms with Gasteiger partial charge in [0.1, 0.15) is 5.75 Å². The van der Waals surface area contributed by atoms with Gasteiger partial charge in [-0.3, -0.25) is 0 Å². The molecule has 2 fully saturated rings. The molecule has 2 heterocycles. The molecule has 1 aromatic rings. The van der Waals surface area contributed by atoms with E-state index in [0.29, 0.717) is 6.61 Å². The maximum atomic E-state index is 6.48. The predicted molar refractivity (Wildman–Crippen MR) is 109 cm³/mol. The van der Waals surface area contributed by atoms with E-state index >= 15 is 0 Å². The number of hydrogen-bond acceptors (Lipinski definition) is 4. The first kappa shape index (κ1) is 20.8. The van der Waals surface area contributed by atoms with Gasteiger partial charge in [0.05, 0.1) is 12.2 Å². The van der Waals surface area contributed by atoms with Crippen molar-refractivity contribution in [1.82, 2.24) is 0 Å². The molecular formula is C22H35O4Si. The topological polar surface area (TPSA) is 36.9 Å². The molecule has 3 rings (SSSR count). The molecule has 2 saturated heterocycles. The fourth-order valence-corrected chi connectivity index (χ4v) is 5.44. The highest BCUT2D eigenvalue weighted by molar-refractivity contribution is 6.49. The van der Waals surface area contributed by atoms with E-state index in [1.54, 1.807) is 0 Å². The van der Waals surface area contributed by atoms with Gasteiger partial charge in [-0.1, -0.05) is 60.6 Å². The molecule has 0 aromatic heterocycles. The Morgan fingerprint density at radius 3 is 2.26 bits per heavy atom. The second-order valence-corrected chi connectivity index (χ2v) is 12.1. The van der Waals surface area contributed by atoms with Crippen LogP contribution in [-0.4, -0.2) is 21.2 Å². The van der Waals surface area contributed by atoms with Gasteiger partial charge in [-0.05, 0) is 42.5 Å². The third kappa shape index (κ3) is 2.89. The summed E-state index contributed by atoms with van der Waals surface area (Å²) in [7, 11) is -0.968. The van der Waals surface area contributed by atoms with Crippen LogP contribution in [0.15, 0.2) is 18.2 Å². The van der Waals surface area contributed by atoms with Crippen molar-refractivity contribution in [3.63, 3.8) is 0 Å². The molecule has 0 N–H and O–H groups in total. The Labute approximate surface area is 166 Å². The van der Waals surface area contributed by atoms with Gasteiger partial charge in [0.25, 0.3) is 14.8 Å². The van der Waals surface area contributed by atoms with Crippen molar-refractivity contribution in [1.29, 1.82) is 0 Å². The van der Waals surface area contributed by atoms with Crippen molar-refractivity contribution in [2.24, 2.45) is 11.3 Å². The lowest BCUT2D eigenvalue weighted by molar-refractivity contribution is -0.656. The summed E-state index contributed by atoms with van der Waals surface area (Å²) < 4.78 is 12.9. The molecule has 0 bridgehead atoms. The summed E-state index contributed by atoms with van der Waals surface area (Å²) in [6.45, 7) is 20.5. The highest BCUT2D eigenvalue weighted by Crippen LogP contribution is 2.66. The first-order valence-corrected chi connectivity index (χ1v) is 12.4. The van der Waals surface area contributed by atoms with Gasteiger partial charge in [-0.2, -0.15) is 4.89 Å². The molecule has 2 aliphatic rings. The van der Waals surface area contributed by atoms with Crippen LogP contribution < -0.4 is 4.43 Å². The fourth-order valence-electron chi connectivity index (χ4n) is 4.81. The van der Waals surface area contributed by atoms with E-state index in [4.69, 9.17) is 18.9 Å². The van der Waals surface area contributed by atoms with E-state index < -0.39 is 20.4 Å². The third-order valence-electron chi connectivity index (χ3n) is 6.11. The average molecular weight is 392 g/mol. The molecule has 2 unspecified atom stereocenters. The zero-order valence-corrected chi connectivity index (χ0v) is 19.4. The molecule has 0 spiro atoms. The first-order chi connectivity index (χ1) is 12.4. The lowest BCUT2D eigenvalue weighted by Crippen LogP contribution is -2.76. The Hall–Kier alpha value is -0.883. The first-order valence-electron chi connectivity index (χ1n) is 10.0. The number of rotatable bonds is 4. The van der Waals surface area contributed by atoms with Crippen LogP contribution in [0.2, 0.25) is 13.1 Å². The molecule has 0 saturated carbocycles. The van der Waals surface area contributed by atoms with Crippen LogP contribution in [0.4, 0.5) is 0 Å². The van der Waals surface area contributed by atoms with Crippen LogP contribution in [0, 0.1) is 11.3 Å². The minimum absolute atomic E-state index is 0.0470. The van der Waals surface area contributed by atoms with Crippen molar-refractivity contribution in [2.45, 2.75) is 84.8 Å². The smallest absolute Gasteiger partial charge is 0.274 e. The Morgan fingerprint density at radius 1 is 1.11 bits per heavy atom. The quantitative estimate of drug-likeness (QED) is 0.497. The molecule has 27 heavy (non-hydrogen) atoms. The Balaban J connectivity index is 2.26. The lowest BCUT2D eigenvalue weighted by atomic mass is 9.58. The molecule has 5 heteroatoms. The maximum absolute atomic E-state index is 6.48. The summed E-state index contributed by atoms with van der Waals surface area (Å²) in [4.78, 5) is 11.9. The number of ether oxygens (including phenoxy) is 1. The van der Waals surface area contributed by atoms with E-state index in [1.165, 1.54) is 5.56 Å². The van der Waals surface area contributed by atoms with Gasteiger partial charge < -0.3 is 9.16 Å². The minimum Gasteiger partial charge on any atom is -0.542 e. The van der Waals surface area contributed by atoms with Crippen molar-refractivity contribution in [3.05, 3.63) is 29.3 Å². The second kappa shape index (κ2) is 6.58. The summed E-state index contributed by atoms with van der Waals surface area (Å²) in [5.41, 5.74) is 1.46. The van der Waals surface area contributed by atoms with E-state index in [9.17, 15) is 0 Å². The zero-order chi connectivity index (χ0) is 20.3. The van der Waals surface area contributed by atoms with Crippen molar-refractivity contribution in [2.75, 3.05) is 6.61 Å². The predicted octanol–water partition coefficient (Wildman–Crippen LogP) is 5.57. The van der Waals surface area contributed by atoms with E-state index in [1.807, 2.05) is 0 Å². The van der Waals surface area contributed by atoms with Crippen molar-refractivity contribution in [3.8, 4) is 5.75 Å². The molecule has 1 radical (unpaired) electrons. The molecule has 2 atom stereocenters. The molecule has 0 aliphatic carbocycles. The Bertz CT molecular complexity index is 707. The van der Waals surface area contributed by atoms with E-state index in [0.717, 1.165) is 17.7 Å². The summed E-state index contributed by atoms with van der Waals surface area (Å²) in [6.07, 6.45) is 0.933. The summed E-state index contributed by atoms with van der Waals surface area (Å²) in [6, 6.07) is 6.34. The van der Waals surface area contributed by atoms with Gasteiger partial charge in [0.2, 0.25) is 0 Å². The number of benzene rings is 1. The standard InChI is InChI=1S/C22H35O4Si/c1-15(2)21-20(6,7)13-14-23-22(21,26-25-21)17-12-10-11-16(19(3,4)5)18(17)24-27(8)9/h10-12,15H,13-14H2,1-9H3. The van der Waals surface area contributed by atoms with Gasteiger partial charge in [0.15, 0.2) is 5.60 Å². The number of hydrogen-bond donors (Lipinski definition) is 0. The monoisotopic (exact) mass is 391 g/mol. The molecule has 0 amide bonds. The SMILES string of the molecule is CC(C)C12OOC1(c1cccc(C(C)(C)C)c1O[Si](C)C)OCCC2(C)C. The Kier molecular flexibility index (Phi) is 5.08. The summed E-state index contributed by atoms with van der Waals surface area (Å²) in [5.74, 6) is 0.201. The van der Waals surface area contributed by atoms with Crippen LogP contribution in [0.25, 0.3) is 0 Å². The van der Waals surface area contributed by atoms with Crippen LogP contribution in [0.5, 0.6) is 5.75 Å². The number of para-hydroxylation sites is 1. The zero-order valence-electron chi connectivity index (χ0n) is 18.4. The Morgan fingerprint density at radius 2 is 1.78 bits per heavy atom. The van der Waals surface area contributed by atoms with Gasteiger partial charge in [-0.25, -0.2) is 4.89 Å². The maximum Gasteiger partial charge on any atom is 0.274 e. The molecular weight excluding hydrogens is 356 g/mol. The molecule has 151 valence electrons. The molecule has 1 aromatic carbocycles. The average Bonchev–Trinajstić information content (AvgIpc) is 2.48. The largest absolute Gasteiger partial charge is 0.542 e. The summed E-state index contributed by atoms with van der Waals surface area (Å²) in [5, 5.41) is 0. The van der Waals surface area contributed by atoms with Crippen LogP contribution in [-0.2, 0) is 25.7 Å². The van der Waals surface area contributed by atoms with E-state index in [2.05, 4.69) is 79.8 Å². The number of fused-ring (bicyclic) bond motifs is 1. The van der Waals surface area contributed by atoms with Crippen molar-refractivity contribution >= 4 is 9.04 Å². The fraction of sp³-hybridized carbons (Fsp3) is 0.727. The second-order valence-electron chi connectivity index (χ2n) is 10.1. The van der Waals surface area contributed by atoms with Gasteiger partial charge in [0, 0.05) is 5.41 Å². The normalized spacial score (nSPS) is 30.2. The lowest BCUT2D eigenvalue weighted by Gasteiger charge is -2.66. The van der Waals surface area contributed by atoms with Crippen LogP contribution >= 0.6 is 0 Å². The summed E-state index contributed by atoms with van der Waals surface area (Å²) >= 11 is 0. The van der Waals surface area contributed by atoms with Crippen LogP contribution in [0.3, 0.4) is 0 Å². The van der Waals surface area contributed by atoms with Crippen molar-refractivity contribution < 1.29 is 18.9 Å². The van der Waals surface area contributed by atoms with E-state index in [-0.39, 0.29) is 16.7 Å². The van der Waals surface area contributed by atoms with Gasteiger partial charge in [-0.15, -0.1) is 0 Å². The third-order valence-corrected chi connectivity index (χ3v) is 6.73. The highest BCUT2D eigenvalue weighted by atomic mass is 28.3. The highest BCUT2D eigenvalue weighted by Gasteiger charge is 2.76. The minimum atomic E-state index is -0.968. The molecule has 2 aliphatic heterocycles. The van der Waals surface area contributed by atoms with Gasteiger partial charge >= 0.3 is 0 Å².